The number of anilines is 2. The lowest BCUT2D eigenvalue weighted by Gasteiger charge is -2.03. The second-order valence-electron chi connectivity index (χ2n) is 6.69. The first-order valence-electron chi connectivity index (χ1n) is 9.87. The molecule has 0 radical (unpaired) electrons. The van der Waals surface area contributed by atoms with Gasteiger partial charge in [0.05, 0.1) is 25.6 Å². The molecule has 0 unspecified atom stereocenters. The maximum atomic E-state index is 13.8. The number of nitrogens with one attached hydrogen (secondary N) is 2. The van der Waals surface area contributed by atoms with Crippen molar-refractivity contribution >= 4 is 50.9 Å². The van der Waals surface area contributed by atoms with Crippen molar-refractivity contribution in [2.45, 2.75) is 0 Å². The molecule has 2 aromatic carbocycles. The van der Waals surface area contributed by atoms with Crippen LogP contribution in [0.25, 0.3) is 22.5 Å². The molecule has 0 aliphatic rings. The van der Waals surface area contributed by atoms with E-state index >= 15 is 0 Å². The molecular weight excluding hydrogens is 476 g/mol. The number of rotatable bonds is 6. The zero-order valence-corrected chi connectivity index (χ0v) is 19.7. The summed E-state index contributed by atoms with van der Waals surface area (Å²) in [5, 5.41) is 5.47. The Morgan fingerprint density at radius 3 is 1.41 bits per heavy atom. The molecule has 0 bridgehead atoms. The molecule has 0 fully saturated rings. The van der Waals surface area contributed by atoms with Crippen LogP contribution in [0.5, 0.6) is 0 Å². The molecule has 2 N–H and O–H groups in total. The molecule has 172 valence electrons. The van der Waals surface area contributed by atoms with E-state index in [1.165, 1.54) is 14.2 Å². The minimum absolute atomic E-state index is 0.215. The van der Waals surface area contributed by atoms with Gasteiger partial charge in [-0.05, 0) is 0 Å². The van der Waals surface area contributed by atoms with Crippen LogP contribution < -0.4 is 10.6 Å². The highest BCUT2D eigenvalue weighted by atomic mass is 32.1. The van der Waals surface area contributed by atoms with Crippen LogP contribution in [0.2, 0.25) is 0 Å². The molecule has 0 aliphatic carbocycles. The highest BCUT2D eigenvalue weighted by Gasteiger charge is 2.27. The standard InChI is InChI=1S/C23H18N4O5S2/c1-31-22(29)26-20-24-15(13-9-5-3-6-10-13)18(33-20)17(28)19-16(14-11-7-4-8-12-14)25-21(34-19)27-23(30)32-2/h3-12H,1-2H3,(H,24,26,29)(H,25,27,30). The summed E-state index contributed by atoms with van der Waals surface area (Å²) < 4.78 is 9.31. The summed E-state index contributed by atoms with van der Waals surface area (Å²) >= 11 is 2.05. The van der Waals surface area contributed by atoms with E-state index in [9.17, 15) is 14.4 Å². The SMILES string of the molecule is COC(=O)Nc1nc(-c2ccccc2)c(C(=O)c2sc(NC(=O)OC)nc2-c2ccccc2)s1. The van der Waals surface area contributed by atoms with E-state index in [4.69, 9.17) is 0 Å². The summed E-state index contributed by atoms with van der Waals surface area (Å²) in [5.41, 5.74) is 2.24. The Hall–Kier alpha value is -4.09. The number of ether oxygens (including phenoxy) is 2. The fourth-order valence-corrected chi connectivity index (χ4v) is 4.92. The third-order valence-electron chi connectivity index (χ3n) is 4.55. The lowest BCUT2D eigenvalue weighted by atomic mass is 10.1. The van der Waals surface area contributed by atoms with Gasteiger partial charge in [-0.1, -0.05) is 83.3 Å². The fraction of sp³-hybridized carbons (Fsp3) is 0.0870. The predicted molar refractivity (Wildman–Crippen MR) is 131 cm³/mol. The number of carbonyl (C=O) groups excluding carboxylic acids is 3. The monoisotopic (exact) mass is 494 g/mol. The number of benzene rings is 2. The van der Waals surface area contributed by atoms with E-state index in [1.54, 1.807) is 0 Å². The largest absolute Gasteiger partial charge is 0.453 e. The van der Waals surface area contributed by atoms with E-state index < -0.39 is 12.2 Å². The second-order valence-corrected chi connectivity index (χ2v) is 8.69. The molecule has 0 saturated heterocycles. The topological polar surface area (TPSA) is 120 Å². The number of nitrogens with zero attached hydrogens (tertiary/aromatic N) is 2. The van der Waals surface area contributed by atoms with Crippen LogP contribution in [0, 0.1) is 0 Å². The number of ketones is 1. The van der Waals surface area contributed by atoms with Crippen LogP contribution >= 0.6 is 22.7 Å². The first kappa shape index (κ1) is 23.1. The molecule has 2 amide bonds. The smallest absolute Gasteiger partial charge is 0.413 e. The Morgan fingerprint density at radius 1 is 0.676 bits per heavy atom. The van der Waals surface area contributed by atoms with Crippen molar-refractivity contribution in [1.29, 1.82) is 0 Å². The average molecular weight is 495 g/mol. The number of thiazole rings is 2. The van der Waals surface area contributed by atoms with Crippen molar-refractivity contribution in [2.24, 2.45) is 0 Å². The Morgan fingerprint density at radius 2 is 1.06 bits per heavy atom. The zero-order chi connectivity index (χ0) is 24.1. The van der Waals surface area contributed by atoms with Gasteiger partial charge < -0.3 is 9.47 Å². The molecule has 0 atom stereocenters. The lowest BCUT2D eigenvalue weighted by molar-refractivity contribution is 0.104. The quantitative estimate of drug-likeness (QED) is 0.339. The van der Waals surface area contributed by atoms with Gasteiger partial charge in [0.1, 0.15) is 9.75 Å². The van der Waals surface area contributed by atoms with Gasteiger partial charge in [-0.3, -0.25) is 15.4 Å². The molecule has 4 rings (SSSR count). The highest BCUT2D eigenvalue weighted by molar-refractivity contribution is 7.21. The van der Waals surface area contributed by atoms with Crippen LogP contribution in [0.4, 0.5) is 19.9 Å². The van der Waals surface area contributed by atoms with Crippen molar-refractivity contribution in [3.8, 4) is 22.5 Å². The maximum absolute atomic E-state index is 13.8. The van der Waals surface area contributed by atoms with Crippen molar-refractivity contribution in [3.63, 3.8) is 0 Å². The molecule has 2 aromatic heterocycles. The first-order valence-corrected chi connectivity index (χ1v) is 11.5. The lowest BCUT2D eigenvalue weighted by Crippen LogP contribution is -2.10. The fourth-order valence-electron chi connectivity index (χ4n) is 3.02. The average Bonchev–Trinajstić information content (AvgIpc) is 3.49. The van der Waals surface area contributed by atoms with E-state index in [0.29, 0.717) is 32.3 Å². The Kier molecular flexibility index (Phi) is 6.95. The summed E-state index contributed by atoms with van der Waals surface area (Å²) in [4.78, 5) is 46.9. The van der Waals surface area contributed by atoms with Gasteiger partial charge >= 0.3 is 12.2 Å². The van der Waals surface area contributed by atoms with Crippen LogP contribution in [-0.2, 0) is 9.47 Å². The molecule has 11 heteroatoms. The molecule has 9 nitrogen and oxygen atoms in total. The van der Waals surface area contributed by atoms with Gasteiger partial charge in [0.2, 0.25) is 5.78 Å². The van der Waals surface area contributed by atoms with Crippen molar-refractivity contribution < 1.29 is 23.9 Å². The summed E-state index contributed by atoms with van der Waals surface area (Å²) in [7, 11) is 2.48. The molecule has 0 saturated carbocycles. The number of hydrogen-bond donors (Lipinski definition) is 2. The third-order valence-corrected chi connectivity index (χ3v) is 6.49. The number of carbonyl (C=O) groups is 3. The van der Waals surface area contributed by atoms with E-state index in [2.05, 4.69) is 30.1 Å². The van der Waals surface area contributed by atoms with E-state index in [-0.39, 0.29) is 16.0 Å². The predicted octanol–water partition coefficient (Wildman–Crippen LogP) is 5.52. The van der Waals surface area contributed by atoms with Crippen molar-refractivity contribution in [1.82, 2.24) is 9.97 Å². The van der Waals surface area contributed by atoms with Gasteiger partial charge in [0.15, 0.2) is 10.3 Å². The summed E-state index contributed by atoms with van der Waals surface area (Å²) in [6, 6.07) is 18.3. The van der Waals surface area contributed by atoms with Gasteiger partial charge in [-0.25, -0.2) is 19.6 Å². The molecule has 0 aliphatic heterocycles. The Balaban J connectivity index is 1.83. The summed E-state index contributed by atoms with van der Waals surface area (Å²) in [6.45, 7) is 0. The molecular formula is C23H18N4O5S2. The number of hydrogen-bond acceptors (Lipinski definition) is 9. The Labute approximate surface area is 202 Å². The summed E-state index contributed by atoms with van der Waals surface area (Å²) in [5.74, 6) is -0.344. The molecule has 0 spiro atoms. The minimum Gasteiger partial charge on any atom is -0.453 e. The van der Waals surface area contributed by atoms with Gasteiger partial charge in [0.25, 0.3) is 0 Å². The zero-order valence-electron chi connectivity index (χ0n) is 18.0. The van der Waals surface area contributed by atoms with Crippen molar-refractivity contribution in [3.05, 3.63) is 70.4 Å². The molecule has 4 aromatic rings. The highest BCUT2D eigenvalue weighted by Crippen LogP contribution is 2.38. The van der Waals surface area contributed by atoms with E-state index in [0.717, 1.165) is 22.7 Å². The third kappa shape index (κ3) is 4.95. The number of amides is 2. The number of methoxy groups -OCH3 is 2. The minimum atomic E-state index is -0.695. The first-order chi connectivity index (χ1) is 16.5. The maximum Gasteiger partial charge on any atom is 0.413 e. The molecule has 34 heavy (non-hydrogen) atoms. The molecule has 2 heterocycles. The van der Waals surface area contributed by atoms with Crippen LogP contribution in [0.15, 0.2) is 60.7 Å². The Bertz CT molecular complexity index is 1230. The van der Waals surface area contributed by atoms with Crippen LogP contribution in [-0.4, -0.2) is 42.2 Å². The second kappa shape index (κ2) is 10.2. The van der Waals surface area contributed by atoms with Gasteiger partial charge in [-0.15, -0.1) is 0 Å². The van der Waals surface area contributed by atoms with Crippen molar-refractivity contribution in [2.75, 3.05) is 24.9 Å². The van der Waals surface area contributed by atoms with Gasteiger partial charge in [-0.2, -0.15) is 0 Å². The van der Waals surface area contributed by atoms with E-state index in [1.807, 2.05) is 60.7 Å². The van der Waals surface area contributed by atoms with Crippen LogP contribution in [0.3, 0.4) is 0 Å². The number of aromatic nitrogens is 2. The normalized spacial score (nSPS) is 10.4. The summed E-state index contributed by atoms with van der Waals surface area (Å²) in [6.07, 6.45) is -1.39. The van der Waals surface area contributed by atoms with Crippen LogP contribution in [0.1, 0.15) is 14.5 Å². The van der Waals surface area contributed by atoms with Gasteiger partial charge in [0, 0.05) is 11.1 Å².